The summed E-state index contributed by atoms with van der Waals surface area (Å²) >= 11 is 0. The lowest BCUT2D eigenvalue weighted by molar-refractivity contribution is -0.137. The van der Waals surface area contributed by atoms with Crippen molar-refractivity contribution in [2.45, 2.75) is 32.0 Å². The monoisotopic (exact) mass is 428 g/mol. The molecular formula is C22H19F3N4O2. The number of carbonyl (C=O) groups excluding carboxylic acids is 2. The van der Waals surface area contributed by atoms with Gasteiger partial charge in [-0.2, -0.15) is 18.3 Å². The van der Waals surface area contributed by atoms with E-state index in [0.29, 0.717) is 12.2 Å². The van der Waals surface area contributed by atoms with E-state index >= 15 is 0 Å². The summed E-state index contributed by atoms with van der Waals surface area (Å²) in [4.78, 5) is 25.1. The minimum absolute atomic E-state index is 0.343. The third-order valence-electron chi connectivity index (χ3n) is 5.11. The van der Waals surface area contributed by atoms with E-state index in [0.717, 1.165) is 22.9 Å². The first kappa shape index (κ1) is 20.6. The Hall–Kier alpha value is -3.62. The third kappa shape index (κ3) is 3.90. The summed E-state index contributed by atoms with van der Waals surface area (Å²) in [6.45, 7) is 1.93. The Kier molecular flexibility index (Phi) is 5.26. The predicted molar refractivity (Wildman–Crippen MR) is 109 cm³/mol. The Bertz CT molecular complexity index is 1140. The summed E-state index contributed by atoms with van der Waals surface area (Å²) in [5.41, 5.74) is 1.12. The van der Waals surface area contributed by atoms with Crippen LogP contribution in [0.15, 0.2) is 54.6 Å². The summed E-state index contributed by atoms with van der Waals surface area (Å²) < 4.78 is 41.0. The molecule has 0 saturated carbocycles. The summed E-state index contributed by atoms with van der Waals surface area (Å²) in [6, 6.07) is 13.2. The van der Waals surface area contributed by atoms with Crippen LogP contribution < -0.4 is 10.6 Å². The number of para-hydroxylation sites is 1. The number of rotatable bonds is 5. The van der Waals surface area contributed by atoms with Crippen molar-refractivity contribution in [3.05, 3.63) is 65.9 Å². The van der Waals surface area contributed by atoms with Crippen LogP contribution in [0.3, 0.4) is 0 Å². The molecule has 1 aromatic heterocycles. The van der Waals surface area contributed by atoms with Crippen LogP contribution in [-0.2, 0) is 22.2 Å². The Morgan fingerprint density at radius 1 is 1.13 bits per heavy atom. The van der Waals surface area contributed by atoms with Crippen LogP contribution in [0.2, 0.25) is 0 Å². The van der Waals surface area contributed by atoms with Crippen molar-refractivity contribution in [2.24, 2.45) is 0 Å². The number of aryl methyl sites for hydroxylation is 1. The van der Waals surface area contributed by atoms with Gasteiger partial charge < -0.3 is 10.6 Å². The van der Waals surface area contributed by atoms with Gasteiger partial charge in [-0.1, -0.05) is 49.4 Å². The molecule has 6 nitrogen and oxygen atoms in total. The van der Waals surface area contributed by atoms with Gasteiger partial charge in [-0.05, 0) is 24.1 Å². The topological polar surface area (TPSA) is 76.0 Å². The number of carbonyl (C=O) groups is 2. The van der Waals surface area contributed by atoms with Crippen molar-refractivity contribution < 1.29 is 22.8 Å². The van der Waals surface area contributed by atoms with E-state index in [1.165, 1.54) is 22.9 Å². The van der Waals surface area contributed by atoms with Crippen LogP contribution in [0, 0.1) is 0 Å². The lowest BCUT2D eigenvalue weighted by Crippen LogP contribution is -2.24. The molecule has 1 aliphatic heterocycles. The second kappa shape index (κ2) is 7.90. The average molecular weight is 428 g/mol. The number of hydrogen-bond donors (Lipinski definition) is 2. The number of fused-ring (bicyclic) bond motifs is 1. The highest BCUT2D eigenvalue weighted by atomic mass is 19.4. The highest BCUT2D eigenvalue weighted by Gasteiger charge is 2.38. The molecule has 4 rings (SSSR count). The van der Waals surface area contributed by atoms with Crippen molar-refractivity contribution in [3.8, 4) is 11.1 Å². The molecule has 2 amide bonds. The van der Waals surface area contributed by atoms with Crippen LogP contribution in [-0.4, -0.2) is 21.6 Å². The predicted octanol–water partition coefficient (Wildman–Crippen LogP) is 4.65. The van der Waals surface area contributed by atoms with Gasteiger partial charge in [0.05, 0.1) is 23.4 Å². The average Bonchev–Trinajstić information content (AvgIpc) is 3.23. The van der Waals surface area contributed by atoms with Gasteiger partial charge in [0.25, 0.3) is 5.91 Å². The normalized spacial score (nSPS) is 15.5. The van der Waals surface area contributed by atoms with E-state index in [1.807, 2.05) is 37.3 Å². The minimum atomic E-state index is -4.61. The maximum atomic E-state index is 13.2. The molecule has 160 valence electrons. The van der Waals surface area contributed by atoms with Gasteiger partial charge in [0, 0.05) is 5.56 Å². The number of benzene rings is 2. The van der Waals surface area contributed by atoms with Crippen LogP contribution in [0.5, 0.6) is 0 Å². The smallest absolute Gasteiger partial charge is 0.325 e. The zero-order valence-electron chi connectivity index (χ0n) is 16.5. The number of halogens is 3. The molecule has 0 radical (unpaired) electrons. The van der Waals surface area contributed by atoms with E-state index in [1.54, 1.807) is 0 Å². The molecule has 2 N–H and O–H groups in total. The fourth-order valence-electron chi connectivity index (χ4n) is 3.69. The molecular weight excluding hydrogens is 409 g/mol. The fourth-order valence-corrected chi connectivity index (χ4v) is 3.69. The molecule has 1 atom stereocenters. The fraction of sp³-hybridized carbons (Fsp3) is 0.227. The Balaban J connectivity index is 1.60. The minimum Gasteiger partial charge on any atom is -0.325 e. The molecule has 0 spiro atoms. The van der Waals surface area contributed by atoms with Crippen molar-refractivity contribution in [1.29, 1.82) is 0 Å². The molecule has 1 aliphatic rings. The summed E-state index contributed by atoms with van der Waals surface area (Å²) in [6.07, 6.45) is -4.34. The van der Waals surface area contributed by atoms with E-state index in [4.69, 9.17) is 0 Å². The van der Waals surface area contributed by atoms with Crippen molar-refractivity contribution in [2.75, 3.05) is 10.6 Å². The van der Waals surface area contributed by atoms with Crippen molar-refractivity contribution >= 4 is 23.3 Å². The van der Waals surface area contributed by atoms with Gasteiger partial charge in [0.2, 0.25) is 5.91 Å². The number of hydrogen-bond acceptors (Lipinski definition) is 3. The Morgan fingerprint density at radius 2 is 1.81 bits per heavy atom. The number of anilines is 2. The van der Waals surface area contributed by atoms with Crippen LogP contribution in [0.25, 0.3) is 11.1 Å². The first-order valence-electron chi connectivity index (χ1n) is 9.73. The quantitative estimate of drug-likeness (QED) is 0.621. The third-order valence-corrected chi connectivity index (χ3v) is 5.11. The standard InChI is InChI=1S/C22H19F3N4O2/c1-2-15-19(13-8-4-3-5-9-13)20-27-21(31)17(29(20)28-15)12-18(30)26-16-11-7-6-10-14(16)22(23,24)25/h3-11,17H,2,12H2,1H3,(H,26,30)(H,27,31). The van der Waals surface area contributed by atoms with E-state index in [2.05, 4.69) is 15.7 Å². The second-order valence-corrected chi connectivity index (χ2v) is 7.14. The van der Waals surface area contributed by atoms with Gasteiger partial charge in [0.1, 0.15) is 11.9 Å². The van der Waals surface area contributed by atoms with Crippen molar-refractivity contribution in [1.82, 2.24) is 9.78 Å². The highest BCUT2D eigenvalue weighted by Crippen LogP contribution is 2.39. The van der Waals surface area contributed by atoms with Gasteiger partial charge in [-0.25, -0.2) is 4.68 Å². The Labute approximate surface area is 176 Å². The van der Waals surface area contributed by atoms with Gasteiger partial charge >= 0.3 is 6.18 Å². The molecule has 9 heteroatoms. The SMILES string of the molecule is CCc1nn2c(c1-c1ccccc1)NC(=O)C2CC(=O)Nc1ccccc1C(F)(F)F. The zero-order chi connectivity index (χ0) is 22.2. The first-order valence-corrected chi connectivity index (χ1v) is 9.73. The maximum absolute atomic E-state index is 13.2. The largest absolute Gasteiger partial charge is 0.418 e. The number of nitrogens with zero attached hydrogens (tertiary/aromatic N) is 2. The number of aromatic nitrogens is 2. The van der Waals surface area contributed by atoms with Crippen LogP contribution in [0.1, 0.15) is 30.6 Å². The molecule has 31 heavy (non-hydrogen) atoms. The molecule has 3 aromatic rings. The highest BCUT2D eigenvalue weighted by molar-refractivity contribution is 6.04. The molecule has 0 fully saturated rings. The van der Waals surface area contributed by atoms with Gasteiger partial charge in [-0.15, -0.1) is 0 Å². The van der Waals surface area contributed by atoms with E-state index in [-0.39, 0.29) is 12.1 Å². The summed E-state index contributed by atoms with van der Waals surface area (Å²) in [7, 11) is 0. The molecule has 0 saturated heterocycles. The van der Waals surface area contributed by atoms with E-state index in [9.17, 15) is 22.8 Å². The number of amides is 2. The molecule has 0 aliphatic carbocycles. The van der Waals surface area contributed by atoms with Crippen molar-refractivity contribution in [3.63, 3.8) is 0 Å². The van der Waals surface area contributed by atoms with Crippen LogP contribution >= 0.6 is 0 Å². The molecule has 2 heterocycles. The summed E-state index contributed by atoms with van der Waals surface area (Å²) in [5, 5.41) is 9.57. The van der Waals surface area contributed by atoms with E-state index < -0.39 is 29.6 Å². The molecule has 0 bridgehead atoms. The lowest BCUT2D eigenvalue weighted by Gasteiger charge is -2.14. The lowest BCUT2D eigenvalue weighted by atomic mass is 10.0. The summed E-state index contributed by atoms with van der Waals surface area (Å²) in [5.74, 6) is -0.650. The number of nitrogens with one attached hydrogen (secondary N) is 2. The van der Waals surface area contributed by atoms with Crippen LogP contribution in [0.4, 0.5) is 24.7 Å². The first-order chi connectivity index (χ1) is 14.8. The van der Waals surface area contributed by atoms with Gasteiger partial charge in [-0.3, -0.25) is 9.59 Å². The molecule has 2 aromatic carbocycles. The second-order valence-electron chi connectivity index (χ2n) is 7.14. The Morgan fingerprint density at radius 3 is 2.48 bits per heavy atom. The zero-order valence-corrected chi connectivity index (χ0v) is 16.5. The maximum Gasteiger partial charge on any atom is 0.418 e. The number of alkyl halides is 3. The molecule has 1 unspecified atom stereocenters. The van der Waals surface area contributed by atoms with Gasteiger partial charge in [0.15, 0.2) is 0 Å².